The first-order chi connectivity index (χ1) is 8.26. The molecule has 1 rings (SSSR count). The first-order valence-electron chi connectivity index (χ1n) is 6.38. The van der Waals surface area contributed by atoms with Gasteiger partial charge in [-0.1, -0.05) is 13.8 Å². The lowest BCUT2D eigenvalue weighted by atomic mass is 10.2. The minimum absolute atomic E-state index is 0.266. The van der Waals surface area contributed by atoms with Crippen molar-refractivity contribution in [1.82, 2.24) is 10.2 Å². The van der Waals surface area contributed by atoms with E-state index in [4.69, 9.17) is 0 Å². The monoisotopic (exact) mass is 256 g/mol. The summed E-state index contributed by atoms with van der Waals surface area (Å²) in [4.78, 5) is 2.24. The molecule has 98 valence electrons. The predicted molar refractivity (Wildman–Crippen MR) is 74.7 cm³/mol. The smallest absolute Gasteiger partial charge is 0.0791 e. The molecular formula is C13H24N2OS. The average Bonchev–Trinajstić information content (AvgIpc) is 2.84. The van der Waals surface area contributed by atoms with Gasteiger partial charge in [-0.15, -0.1) is 0 Å². The molecule has 1 aromatic rings. The van der Waals surface area contributed by atoms with Gasteiger partial charge >= 0.3 is 0 Å². The summed E-state index contributed by atoms with van der Waals surface area (Å²) in [5, 5.41) is 17.4. The quantitative estimate of drug-likeness (QED) is 0.659. The molecule has 1 aromatic heterocycles. The van der Waals surface area contributed by atoms with Gasteiger partial charge in [0.25, 0.3) is 0 Å². The van der Waals surface area contributed by atoms with Gasteiger partial charge in [-0.2, -0.15) is 11.3 Å². The number of nitrogens with zero attached hydrogens (tertiary/aromatic N) is 1. The molecule has 1 atom stereocenters. The third kappa shape index (κ3) is 6.17. The second kappa shape index (κ2) is 8.64. The van der Waals surface area contributed by atoms with Crippen LogP contribution in [0.25, 0.3) is 0 Å². The van der Waals surface area contributed by atoms with Crippen LogP contribution in [-0.4, -0.2) is 48.8 Å². The van der Waals surface area contributed by atoms with E-state index in [2.05, 4.69) is 40.9 Å². The standard InChI is InChI=1S/C13H24N2OS/c1-3-15(4-2)10-13(16)9-14-7-5-12-6-8-17-11-12/h6,8,11,13-14,16H,3-5,7,9-10H2,1-2H3. The van der Waals surface area contributed by atoms with Gasteiger partial charge in [-0.25, -0.2) is 0 Å². The van der Waals surface area contributed by atoms with E-state index in [1.807, 2.05) is 0 Å². The average molecular weight is 256 g/mol. The van der Waals surface area contributed by atoms with E-state index in [1.165, 1.54) is 5.56 Å². The molecule has 4 heteroatoms. The number of rotatable bonds is 9. The molecule has 0 amide bonds. The van der Waals surface area contributed by atoms with E-state index >= 15 is 0 Å². The van der Waals surface area contributed by atoms with Crippen LogP contribution >= 0.6 is 11.3 Å². The highest BCUT2D eigenvalue weighted by atomic mass is 32.1. The first kappa shape index (κ1) is 14.6. The van der Waals surface area contributed by atoms with E-state index in [0.29, 0.717) is 6.54 Å². The fraction of sp³-hybridized carbons (Fsp3) is 0.692. The van der Waals surface area contributed by atoms with Gasteiger partial charge in [-0.05, 0) is 48.4 Å². The van der Waals surface area contributed by atoms with Crippen molar-refractivity contribution in [2.24, 2.45) is 0 Å². The van der Waals surface area contributed by atoms with Crippen LogP contribution < -0.4 is 5.32 Å². The van der Waals surface area contributed by atoms with Gasteiger partial charge < -0.3 is 15.3 Å². The third-order valence-corrected chi connectivity index (χ3v) is 3.65. The summed E-state index contributed by atoms with van der Waals surface area (Å²) >= 11 is 1.73. The Labute approximate surface area is 108 Å². The van der Waals surface area contributed by atoms with E-state index in [9.17, 15) is 5.11 Å². The lowest BCUT2D eigenvalue weighted by molar-refractivity contribution is 0.117. The Morgan fingerprint density at radius 3 is 2.76 bits per heavy atom. The minimum Gasteiger partial charge on any atom is -0.390 e. The zero-order valence-corrected chi connectivity index (χ0v) is 11.7. The molecule has 3 nitrogen and oxygen atoms in total. The number of nitrogens with one attached hydrogen (secondary N) is 1. The van der Waals surface area contributed by atoms with Crippen LogP contribution in [0, 0.1) is 0 Å². The van der Waals surface area contributed by atoms with Crippen molar-refractivity contribution < 1.29 is 5.11 Å². The molecular weight excluding hydrogens is 232 g/mol. The highest BCUT2D eigenvalue weighted by molar-refractivity contribution is 7.07. The second-order valence-electron chi connectivity index (χ2n) is 4.23. The van der Waals surface area contributed by atoms with E-state index in [1.54, 1.807) is 11.3 Å². The topological polar surface area (TPSA) is 35.5 Å². The summed E-state index contributed by atoms with van der Waals surface area (Å²) in [6.45, 7) is 8.64. The zero-order chi connectivity index (χ0) is 12.5. The molecule has 2 N–H and O–H groups in total. The largest absolute Gasteiger partial charge is 0.390 e. The summed E-state index contributed by atoms with van der Waals surface area (Å²) in [7, 11) is 0. The fourth-order valence-corrected chi connectivity index (χ4v) is 2.48. The maximum absolute atomic E-state index is 9.84. The molecule has 0 aliphatic heterocycles. The molecule has 0 bridgehead atoms. The molecule has 1 unspecified atom stereocenters. The third-order valence-electron chi connectivity index (χ3n) is 2.91. The molecule has 0 radical (unpaired) electrons. The Morgan fingerprint density at radius 2 is 2.18 bits per heavy atom. The Hall–Kier alpha value is -0.420. The molecule has 0 saturated heterocycles. The molecule has 0 aromatic carbocycles. The molecule has 0 fully saturated rings. The summed E-state index contributed by atoms with van der Waals surface area (Å²) in [6, 6.07) is 2.15. The second-order valence-corrected chi connectivity index (χ2v) is 5.01. The van der Waals surface area contributed by atoms with Crippen molar-refractivity contribution >= 4 is 11.3 Å². The summed E-state index contributed by atoms with van der Waals surface area (Å²) in [5.74, 6) is 0. The van der Waals surface area contributed by atoms with E-state index in [0.717, 1.165) is 32.6 Å². The maximum Gasteiger partial charge on any atom is 0.0791 e. The molecule has 1 heterocycles. The van der Waals surface area contributed by atoms with Gasteiger partial charge in [-0.3, -0.25) is 0 Å². The lowest BCUT2D eigenvalue weighted by Crippen LogP contribution is -2.38. The van der Waals surface area contributed by atoms with Crippen molar-refractivity contribution in [1.29, 1.82) is 0 Å². The zero-order valence-electron chi connectivity index (χ0n) is 10.9. The van der Waals surface area contributed by atoms with Gasteiger partial charge in [0, 0.05) is 13.1 Å². The molecule has 0 aliphatic rings. The highest BCUT2D eigenvalue weighted by Gasteiger charge is 2.07. The van der Waals surface area contributed by atoms with Gasteiger partial charge in [0.2, 0.25) is 0 Å². The molecule has 0 aliphatic carbocycles. The van der Waals surface area contributed by atoms with Crippen LogP contribution in [0.3, 0.4) is 0 Å². The summed E-state index contributed by atoms with van der Waals surface area (Å²) in [6.07, 6.45) is 0.777. The van der Waals surface area contributed by atoms with Gasteiger partial charge in [0.15, 0.2) is 0 Å². The van der Waals surface area contributed by atoms with Crippen molar-refractivity contribution in [3.63, 3.8) is 0 Å². The molecule has 0 spiro atoms. The predicted octanol–water partition coefficient (Wildman–Crippen LogP) is 1.58. The molecule has 17 heavy (non-hydrogen) atoms. The van der Waals surface area contributed by atoms with Crippen LogP contribution in [-0.2, 0) is 6.42 Å². The highest BCUT2D eigenvalue weighted by Crippen LogP contribution is 2.05. The normalized spacial score (nSPS) is 13.2. The Balaban J connectivity index is 2.05. The van der Waals surface area contributed by atoms with Crippen LogP contribution in [0.1, 0.15) is 19.4 Å². The Bertz CT molecular complexity index is 273. The van der Waals surface area contributed by atoms with Crippen molar-refractivity contribution in [2.75, 3.05) is 32.7 Å². The van der Waals surface area contributed by atoms with Crippen LogP contribution in [0.4, 0.5) is 0 Å². The van der Waals surface area contributed by atoms with Crippen molar-refractivity contribution in [3.05, 3.63) is 22.4 Å². The van der Waals surface area contributed by atoms with Crippen molar-refractivity contribution in [2.45, 2.75) is 26.4 Å². The number of aliphatic hydroxyl groups excluding tert-OH is 1. The first-order valence-corrected chi connectivity index (χ1v) is 7.32. The number of hydrogen-bond acceptors (Lipinski definition) is 4. The Morgan fingerprint density at radius 1 is 1.41 bits per heavy atom. The van der Waals surface area contributed by atoms with Gasteiger partial charge in [0.05, 0.1) is 6.10 Å². The number of hydrogen-bond donors (Lipinski definition) is 2. The van der Waals surface area contributed by atoms with E-state index < -0.39 is 0 Å². The fourth-order valence-electron chi connectivity index (χ4n) is 1.78. The Kier molecular flexibility index (Phi) is 7.44. The van der Waals surface area contributed by atoms with Gasteiger partial charge in [0.1, 0.15) is 0 Å². The van der Waals surface area contributed by atoms with Crippen LogP contribution in [0.15, 0.2) is 16.8 Å². The lowest BCUT2D eigenvalue weighted by Gasteiger charge is -2.22. The van der Waals surface area contributed by atoms with E-state index in [-0.39, 0.29) is 6.10 Å². The molecule has 0 saturated carbocycles. The maximum atomic E-state index is 9.84. The number of aliphatic hydroxyl groups is 1. The summed E-state index contributed by atoms with van der Waals surface area (Å²) in [5.41, 5.74) is 1.38. The minimum atomic E-state index is -0.266. The van der Waals surface area contributed by atoms with Crippen LogP contribution in [0.5, 0.6) is 0 Å². The number of likely N-dealkylation sites (N-methyl/N-ethyl adjacent to an activating group) is 1. The van der Waals surface area contributed by atoms with Crippen molar-refractivity contribution in [3.8, 4) is 0 Å². The SMILES string of the molecule is CCN(CC)CC(O)CNCCc1ccsc1. The number of thiophene rings is 1. The summed E-state index contributed by atoms with van der Waals surface area (Å²) < 4.78 is 0. The van der Waals surface area contributed by atoms with Crippen LogP contribution in [0.2, 0.25) is 0 Å².